The number of anilines is 1. The molecule has 5 nitrogen and oxygen atoms in total. The summed E-state index contributed by atoms with van der Waals surface area (Å²) in [5.74, 6) is -0.135. The van der Waals surface area contributed by atoms with Crippen LogP contribution in [-0.2, 0) is 4.79 Å². The predicted molar refractivity (Wildman–Crippen MR) is 94.7 cm³/mol. The van der Waals surface area contributed by atoms with Crippen molar-refractivity contribution in [2.75, 3.05) is 5.32 Å². The van der Waals surface area contributed by atoms with E-state index in [1.54, 1.807) is 49.4 Å². The minimum atomic E-state index is -0.814. The van der Waals surface area contributed by atoms with Crippen LogP contribution in [0, 0.1) is 0 Å². The first-order valence-corrected chi connectivity index (χ1v) is 8.03. The number of carbonyl (C=O) groups is 3. The molecule has 0 radical (unpaired) electrons. The van der Waals surface area contributed by atoms with Crippen molar-refractivity contribution in [2.24, 2.45) is 0 Å². The summed E-state index contributed by atoms with van der Waals surface area (Å²) >= 11 is 3.27. The first-order valence-electron chi connectivity index (χ1n) is 7.24. The SMILES string of the molecule is CC(=O)c1cccc(NC(=O)[C@@H](C)Oc2ccc(Br)cc2C=O)c1. The molecule has 24 heavy (non-hydrogen) atoms. The van der Waals surface area contributed by atoms with Crippen LogP contribution in [0.1, 0.15) is 34.6 Å². The van der Waals surface area contributed by atoms with Gasteiger partial charge >= 0.3 is 0 Å². The van der Waals surface area contributed by atoms with Crippen LogP contribution in [0.15, 0.2) is 46.9 Å². The van der Waals surface area contributed by atoms with Gasteiger partial charge in [-0.15, -0.1) is 0 Å². The number of nitrogens with one attached hydrogen (secondary N) is 1. The van der Waals surface area contributed by atoms with Crippen molar-refractivity contribution in [1.82, 2.24) is 0 Å². The zero-order valence-electron chi connectivity index (χ0n) is 13.2. The summed E-state index contributed by atoms with van der Waals surface area (Å²) in [6.07, 6.45) is -0.146. The maximum Gasteiger partial charge on any atom is 0.265 e. The highest BCUT2D eigenvalue weighted by Crippen LogP contribution is 2.23. The number of ether oxygens (including phenoxy) is 1. The highest BCUT2D eigenvalue weighted by Gasteiger charge is 2.17. The van der Waals surface area contributed by atoms with Crippen molar-refractivity contribution in [3.63, 3.8) is 0 Å². The Hall–Kier alpha value is -2.47. The molecule has 0 unspecified atom stereocenters. The maximum absolute atomic E-state index is 12.2. The molecule has 1 amide bonds. The monoisotopic (exact) mass is 389 g/mol. The van der Waals surface area contributed by atoms with Crippen LogP contribution in [0.5, 0.6) is 5.75 Å². The molecule has 2 aromatic rings. The Labute approximate surface area is 148 Å². The van der Waals surface area contributed by atoms with Crippen LogP contribution in [0.3, 0.4) is 0 Å². The van der Waals surface area contributed by atoms with Gasteiger partial charge in [0.2, 0.25) is 0 Å². The third-order valence-electron chi connectivity index (χ3n) is 3.31. The zero-order chi connectivity index (χ0) is 17.7. The van der Waals surface area contributed by atoms with Gasteiger partial charge < -0.3 is 10.1 Å². The van der Waals surface area contributed by atoms with E-state index in [1.165, 1.54) is 6.92 Å². The van der Waals surface area contributed by atoms with Crippen molar-refractivity contribution in [2.45, 2.75) is 20.0 Å². The average Bonchev–Trinajstić information content (AvgIpc) is 2.56. The summed E-state index contributed by atoms with van der Waals surface area (Å²) in [6.45, 7) is 3.04. The minimum absolute atomic E-state index is 0.0825. The fourth-order valence-electron chi connectivity index (χ4n) is 2.02. The van der Waals surface area contributed by atoms with Crippen LogP contribution in [0.2, 0.25) is 0 Å². The summed E-state index contributed by atoms with van der Waals surface area (Å²) in [7, 11) is 0. The molecule has 124 valence electrons. The summed E-state index contributed by atoms with van der Waals surface area (Å²) in [4.78, 5) is 34.7. The molecular formula is C18H16BrNO4. The smallest absolute Gasteiger partial charge is 0.265 e. The van der Waals surface area contributed by atoms with Gasteiger partial charge in [0.05, 0.1) is 5.56 Å². The molecule has 2 aromatic carbocycles. The van der Waals surface area contributed by atoms with Crippen LogP contribution in [-0.4, -0.2) is 24.1 Å². The summed E-state index contributed by atoms with van der Waals surface area (Å²) in [5.41, 5.74) is 1.37. The van der Waals surface area contributed by atoms with Crippen LogP contribution in [0.4, 0.5) is 5.69 Å². The van der Waals surface area contributed by atoms with Gasteiger partial charge in [0, 0.05) is 15.7 Å². The molecule has 0 aliphatic carbocycles. The zero-order valence-corrected chi connectivity index (χ0v) is 14.8. The Balaban J connectivity index is 2.09. The van der Waals surface area contributed by atoms with Gasteiger partial charge in [-0.25, -0.2) is 0 Å². The van der Waals surface area contributed by atoms with E-state index in [-0.39, 0.29) is 11.7 Å². The third-order valence-corrected chi connectivity index (χ3v) is 3.80. The number of halogens is 1. The summed E-state index contributed by atoms with van der Waals surface area (Å²) in [6, 6.07) is 11.6. The number of aldehydes is 1. The number of hydrogen-bond acceptors (Lipinski definition) is 4. The van der Waals surface area contributed by atoms with Gasteiger partial charge in [-0.2, -0.15) is 0 Å². The van der Waals surface area contributed by atoms with Gasteiger partial charge in [-0.1, -0.05) is 28.1 Å². The molecule has 0 heterocycles. The topological polar surface area (TPSA) is 72.5 Å². The highest BCUT2D eigenvalue weighted by molar-refractivity contribution is 9.10. The molecule has 0 saturated carbocycles. The molecule has 0 fully saturated rings. The highest BCUT2D eigenvalue weighted by atomic mass is 79.9. The molecule has 1 atom stereocenters. The first kappa shape index (κ1) is 17.9. The fraction of sp³-hybridized carbons (Fsp3) is 0.167. The van der Waals surface area contributed by atoms with Crippen molar-refractivity contribution in [3.8, 4) is 5.75 Å². The lowest BCUT2D eigenvalue weighted by atomic mass is 10.1. The van der Waals surface area contributed by atoms with E-state index >= 15 is 0 Å². The van der Waals surface area contributed by atoms with E-state index in [2.05, 4.69) is 21.2 Å². The lowest BCUT2D eigenvalue weighted by molar-refractivity contribution is -0.122. The Bertz CT molecular complexity index is 788. The van der Waals surface area contributed by atoms with Crippen LogP contribution < -0.4 is 10.1 Å². The second-order valence-electron chi connectivity index (χ2n) is 5.19. The van der Waals surface area contributed by atoms with Gasteiger partial charge in [0.25, 0.3) is 5.91 Å². The normalized spacial score (nSPS) is 11.5. The van der Waals surface area contributed by atoms with Crippen LogP contribution >= 0.6 is 15.9 Å². The fourth-order valence-corrected chi connectivity index (χ4v) is 2.40. The van der Waals surface area contributed by atoms with E-state index in [0.29, 0.717) is 28.8 Å². The molecule has 0 saturated heterocycles. The Kier molecular flexibility index (Phi) is 5.87. The van der Waals surface area contributed by atoms with E-state index in [0.717, 1.165) is 4.47 Å². The number of rotatable bonds is 6. The number of benzene rings is 2. The van der Waals surface area contributed by atoms with E-state index < -0.39 is 6.10 Å². The van der Waals surface area contributed by atoms with Crippen molar-refractivity contribution in [1.29, 1.82) is 0 Å². The number of Topliss-reactive ketones (excluding diaryl/α,β-unsaturated/α-hetero) is 1. The van der Waals surface area contributed by atoms with Crippen molar-refractivity contribution in [3.05, 3.63) is 58.1 Å². The predicted octanol–water partition coefficient (Wildman–Crippen LogP) is 3.87. The Morgan fingerprint density at radius 1 is 1.21 bits per heavy atom. The number of amides is 1. The van der Waals surface area contributed by atoms with Crippen molar-refractivity contribution >= 4 is 39.6 Å². The molecule has 0 aromatic heterocycles. The van der Waals surface area contributed by atoms with Crippen molar-refractivity contribution < 1.29 is 19.1 Å². The molecule has 2 rings (SSSR count). The first-order chi connectivity index (χ1) is 11.4. The van der Waals surface area contributed by atoms with E-state index in [1.807, 2.05) is 0 Å². The standard InChI is InChI=1S/C18H16BrNO4/c1-11(22)13-4-3-5-16(9-13)20-18(23)12(2)24-17-7-6-15(19)8-14(17)10-21/h3-10,12H,1-2H3,(H,20,23)/t12-/m1/s1. The lowest BCUT2D eigenvalue weighted by Crippen LogP contribution is -2.30. The number of ketones is 1. The summed E-state index contributed by atoms with van der Waals surface area (Å²) < 4.78 is 6.32. The Morgan fingerprint density at radius 3 is 2.62 bits per heavy atom. The molecule has 6 heteroatoms. The average molecular weight is 390 g/mol. The molecule has 0 bridgehead atoms. The molecule has 0 aliphatic rings. The Morgan fingerprint density at radius 2 is 1.96 bits per heavy atom. The number of hydrogen-bond donors (Lipinski definition) is 1. The minimum Gasteiger partial charge on any atom is -0.480 e. The van der Waals surface area contributed by atoms with Gasteiger partial charge in [0.15, 0.2) is 18.2 Å². The largest absolute Gasteiger partial charge is 0.480 e. The number of carbonyl (C=O) groups excluding carboxylic acids is 3. The second kappa shape index (κ2) is 7.88. The summed E-state index contributed by atoms with van der Waals surface area (Å²) in [5, 5.41) is 2.69. The van der Waals surface area contributed by atoms with Gasteiger partial charge in [-0.05, 0) is 44.2 Å². The van der Waals surface area contributed by atoms with E-state index in [9.17, 15) is 14.4 Å². The molecule has 0 spiro atoms. The van der Waals surface area contributed by atoms with Gasteiger partial charge in [-0.3, -0.25) is 14.4 Å². The quantitative estimate of drug-likeness (QED) is 0.601. The lowest BCUT2D eigenvalue weighted by Gasteiger charge is -2.16. The second-order valence-corrected chi connectivity index (χ2v) is 6.10. The van der Waals surface area contributed by atoms with Gasteiger partial charge in [0.1, 0.15) is 5.75 Å². The van der Waals surface area contributed by atoms with Crippen LogP contribution in [0.25, 0.3) is 0 Å². The molecular weight excluding hydrogens is 374 g/mol. The maximum atomic E-state index is 12.2. The molecule has 0 aliphatic heterocycles. The molecule has 1 N–H and O–H groups in total. The third kappa shape index (κ3) is 4.52. The van der Waals surface area contributed by atoms with E-state index in [4.69, 9.17) is 4.74 Å².